The van der Waals surface area contributed by atoms with E-state index in [-0.39, 0.29) is 17.6 Å². The largest absolute Gasteiger partial charge is 0.355 e. The summed E-state index contributed by atoms with van der Waals surface area (Å²) in [4.78, 5) is 12.1. The second kappa shape index (κ2) is 6.54. The van der Waals surface area contributed by atoms with Gasteiger partial charge in [-0.05, 0) is 34.6 Å². The molecule has 3 aliphatic carbocycles. The zero-order valence-corrected chi connectivity index (χ0v) is 15.6. The van der Waals surface area contributed by atoms with E-state index >= 15 is 0 Å². The van der Waals surface area contributed by atoms with Crippen LogP contribution in [-0.4, -0.2) is 32.4 Å². The highest BCUT2D eigenvalue weighted by Crippen LogP contribution is 2.55. The number of amides is 1. The fourth-order valence-electron chi connectivity index (χ4n) is 4.56. The molecule has 1 amide bonds. The highest BCUT2D eigenvalue weighted by molar-refractivity contribution is 7.92. The van der Waals surface area contributed by atoms with Gasteiger partial charge in [0.1, 0.15) is 5.75 Å². The zero-order chi connectivity index (χ0) is 18.3. The molecule has 0 fully saturated rings. The van der Waals surface area contributed by atoms with Gasteiger partial charge in [-0.1, -0.05) is 55.5 Å². The Bertz CT molecular complexity index is 904. The zero-order valence-electron chi connectivity index (χ0n) is 14.8. The standard InChI is InChI=1S/C21H23NO3S/c1-2-26(24,25)13-20(23)22-12-14-11-19-15-7-3-5-9-17(15)21(14)18-10-6-4-8-16(18)19/h3-10,14,19,21H,2,11-13H2,1H3,(H,22,23)/t14-,19?,21?/m1/s1. The summed E-state index contributed by atoms with van der Waals surface area (Å²) >= 11 is 0. The van der Waals surface area contributed by atoms with Crippen LogP contribution in [0.25, 0.3) is 0 Å². The van der Waals surface area contributed by atoms with Crippen molar-refractivity contribution in [1.82, 2.24) is 5.32 Å². The Labute approximate surface area is 154 Å². The Morgan fingerprint density at radius 2 is 1.54 bits per heavy atom. The Morgan fingerprint density at radius 3 is 2.08 bits per heavy atom. The minimum absolute atomic E-state index is 0.00466. The molecule has 4 nitrogen and oxygen atoms in total. The first kappa shape index (κ1) is 17.3. The van der Waals surface area contributed by atoms with Crippen LogP contribution in [-0.2, 0) is 14.6 Å². The van der Waals surface area contributed by atoms with Crippen LogP contribution in [0.1, 0.15) is 47.4 Å². The van der Waals surface area contributed by atoms with E-state index in [9.17, 15) is 13.2 Å². The SMILES string of the molecule is CCS(=O)(=O)CC(=O)NC[C@H]1CC2c3ccccc3C1c1ccccc12. The molecule has 2 bridgehead atoms. The Morgan fingerprint density at radius 1 is 1.00 bits per heavy atom. The molecule has 136 valence electrons. The Balaban J connectivity index is 1.58. The van der Waals surface area contributed by atoms with Crippen molar-refractivity contribution in [3.05, 3.63) is 70.8 Å². The third-order valence-corrected chi connectivity index (χ3v) is 7.36. The van der Waals surface area contributed by atoms with E-state index < -0.39 is 21.5 Å². The molecule has 0 spiro atoms. The normalized spacial score (nSPS) is 23.2. The molecule has 2 aromatic carbocycles. The molecule has 0 aromatic heterocycles. The van der Waals surface area contributed by atoms with Gasteiger partial charge >= 0.3 is 0 Å². The van der Waals surface area contributed by atoms with E-state index in [0.29, 0.717) is 12.5 Å². The molecule has 0 radical (unpaired) electrons. The van der Waals surface area contributed by atoms with Gasteiger partial charge in [0.2, 0.25) is 5.91 Å². The molecule has 26 heavy (non-hydrogen) atoms. The van der Waals surface area contributed by atoms with E-state index in [1.54, 1.807) is 6.92 Å². The van der Waals surface area contributed by atoms with Crippen LogP contribution in [0.15, 0.2) is 48.5 Å². The van der Waals surface area contributed by atoms with Crippen LogP contribution in [0.4, 0.5) is 0 Å². The van der Waals surface area contributed by atoms with Crippen molar-refractivity contribution in [3.63, 3.8) is 0 Å². The fourth-order valence-corrected chi connectivity index (χ4v) is 5.26. The van der Waals surface area contributed by atoms with Gasteiger partial charge in [-0.3, -0.25) is 4.79 Å². The number of rotatable bonds is 5. The third-order valence-electron chi connectivity index (χ3n) is 5.78. The van der Waals surface area contributed by atoms with Crippen LogP contribution in [0.5, 0.6) is 0 Å². The smallest absolute Gasteiger partial charge is 0.235 e. The maximum atomic E-state index is 12.1. The minimum atomic E-state index is -3.29. The molecule has 1 atom stereocenters. The van der Waals surface area contributed by atoms with Gasteiger partial charge in [0.15, 0.2) is 9.84 Å². The van der Waals surface area contributed by atoms with Crippen LogP contribution < -0.4 is 5.32 Å². The molecule has 5 heteroatoms. The van der Waals surface area contributed by atoms with Crippen LogP contribution in [0, 0.1) is 5.92 Å². The summed E-state index contributed by atoms with van der Waals surface area (Å²) in [5, 5.41) is 2.87. The van der Waals surface area contributed by atoms with Crippen molar-refractivity contribution in [3.8, 4) is 0 Å². The quantitative estimate of drug-likeness (QED) is 0.881. The maximum Gasteiger partial charge on any atom is 0.235 e. The first-order chi connectivity index (χ1) is 12.5. The average molecular weight is 369 g/mol. The van der Waals surface area contributed by atoms with Crippen molar-refractivity contribution < 1.29 is 13.2 Å². The van der Waals surface area contributed by atoms with Gasteiger partial charge in [-0.2, -0.15) is 0 Å². The predicted molar refractivity (Wildman–Crippen MR) is 102 cm³/mol. The van der Waals surface area contributed by atoms with Gasteiger partial charge < -0.3 is 5.32 Å². The number of hydrogen-bond acceptors (Lipinski definition) is 3. The highest BCUT2D eigenvalue weighted by atomic mass is 32.2. The molecule has 2 aromatic rings. The maximum absolute atomic E-state index is 12.1. The molecular weight excluding hydrogens is 346 g/mol. The van der Waals surface area contributed by atoms with Crippen LogP contribution in [0.2, 0.25) is 0 Å². The summed E-state index contributed by atoms with van der Waals surface area (Å²) in [5.74, 6) is 0.0874. The lowest BCUT2D eigenvalue weighted by molar-refractivity contribution is -0.118. The second-order valence-electron chi connectivity index (χ2n) is 7.26. The molecule has 0 unspecified atom stereocenters. The van der Waals surface area contributed by atoms with Crippen molar-refractivity contribution in [1.29, 1.82) is 0 Å². The number of sulfone groups is 1. The molecule has 0 saturated carbocycles. The van der Waals surface area contributed by atoms with E-state index in [1.807, 2.05) is 0 Å². The fraction of sp³-hybridized carbons (Fsp3) is 0.381. The number of benzene rings is 2. The van der Waals surface area contributed by atoms with Gasteiger partial charge in [-0.25, -0.2) is 8.42 Å². The Hall–Kier alpha value is -2.14. The average Bonchev–Trinajstić information content (AvgIpc) is 2.66. The lowest BCUT2D eigenvalue weighted by Gasteiger charge is -2.45. The second-order valence-corrected chi connectivity index (χ2v) is 9.62. The van der Waals surface area contributed by atoms with Gasteiger partial charge in [-0.15, -0.1) is 0 Å². The topological polar surface area (TPSA) is 63.2 Å². The number of nitrogens with one attached hydrogen (secondary N) is 1. The summed E-state index contributed by atoms with van der Waals surface area (Å²) in [6.07, 6.45) is 0.986. The van der Waals surface area contributed by atoms with Crippen molar-refractivity contribution >= 4 is 15.7 Å². The van der Waals surface area contributed by atoms with Crippen molar-refractivity contribution in [2.24, 2.45) is 5.92 Å². The first-order valence-electron chi connectivity index (χ1n) is 9.15. The van der Waals surface area contributed by atoms with Gasteiger partial charge in [0.25, 0.3) is 0 Å². The lowest BCUT2D eigenvalue weighted by atomic mass is 9.59. The molecular formula is C21H23NO3S. The molecule has 0 heterocycles. The summed E-state index contributed by atoms with van der Waals surface area (Å²) in [7, 11) is -3.29. The highest BCUT2D eigenvalue weighted by Gasteiger charge is 2.42. The third kappa shape index (κ3) is 2.94. The number of fused-ring (bicyclic) bond motifs is 1. The van der Waals surface area contributed by atoms with E-state index in [0.717, 1.165) is 6.42 Å². The first-order valence-corrected chi connectivity index (χ1v) is 11.0. The van der Waals surface area contributed by atoms with Gasteiger partial charge in [0.05, 0.1) is 0 Å². The molecule has 1 N–H and O–H groups in total. The van der Waals surface area contributed by atoms with Crippen molar-refractivity contribution in [2.45, 2.75) is 25.2 Å². The molecule has 5 rings (SSSR count). The summed E-state index contributed by atoms with van der Waals surface area (Å²) < 4.78 is 23.3. The number of carbonyl (C=O) groups excluding carboxylic acids is 1. The molecule has 0 aliphatic heterocycles. The van der Waals surface area contributed by atoms with Crippen molar-refractivity contribution in [2.75, 3.05) is 18.1 Å². The van der Waals surface area contributed by atoms with E-state index in [1.165, 1.54) is 22.3 Å². The predicted octanol–water partition coefficient (Wildman–Crippen LogP) is 2.83. The summed E-state index contributed by atoms with van der Waals surface area (Å²) in [6.45, 7) is 2.08. The Kier molecular flexibility index (Phi) is 4.35. The van der Waals surface area contributed by atoms with E-state index in [2.05, 4.69) is 53.8 Å². The number of carbonyl (C=O) groups is 1. The summed E-state index contributed by atoms with van der Waals surface area (Å²) in [6, 6.07) is 17.1. The van der Waals surface area contributed by atoms with E-state index in [4.69, 9.17) is 0 Å². The monoisotopic (exact) mass is 369 g/mol. The van der Waals surface area contributed by atoms with Gasteiger partial charge in [0, 0.05) is 24.1 Å². The van der Waals surface area contributed by atoms with Crippen LogP contribution >= 0.6 is 0 Å². The van der Waals surface area contributed by atoms with Crippen LogP contribution in [0.3, 0.4) is 0 Å². The minimum Gasteiger partial charge on any atom is -0.355 e. The lowest BCUT2D eigenvalue weighted by Crippen LogP contribution is -2.41. The molecule has 3 aliphatic rings. The summed E-state index contributed by atoms with van der Waals surface area (Å²) in [5.41, 5.74) is 5.49. The molecule has 0 saturated heterocycles. The number of hydrogen-bond donors (Lipinski definition) is 1.